The predicted octanol–water partition coefficient (Wildman–Crippen LogP) is 2.11. The number of rotatable bonds is 19. The van der Waals surface area contributed by atoms with Crippen molar-refractivity contribution in [3.63, 3.8) is 0 Å². The van der Waals surface area contributed by atoms with Gasteiger partial charge in [0.15, 0.2) is 0 Å². The molecule has 0 aliphatic carbocycles. The van der Waals surface area contributed by atoms with Gasteiger partial charge < -0.3 is 35.8 Å². The molecule has 1 aromatic carbocycles. The molecule has 7 N–H and O–H groups in total. The van der Waals surface area contributed by atoms with E-state index in [-0.39, 0.29) is 74.8 Å². The van der Waals surface area contributed by atoms with Crippen LogP contribution in [0.4, 0.5) is 32.6 Å². The number of urea groups is 1. The lowest BCUT2D eigenvalue weighted by atomic mass is 10.1. The molecule has 0 spiro atoms. The highest BCUT2D eigenvalue weighted by Gasteiger charge is 2.17. The zero-order valence-electron chi connectivity index (χ0n) is 24.6. The first-order chi connectivity index (χ1) is 20.6. The Morgan fingerprint density at radius 3 is 2.44 bits per heavy atom. The summed E-state index contributed by atoms with van der Waals surface area (Å²) in [5.41, 5.74) is 0.862. The van der Waals surface area contributed by atoms with Gasteiger partial charge in [0.05, 0.1) is 30.4 Å². The van der Waals surface area contributed by atoms with Crippen molar-refractivity contribution in [1.82, 2.24) is 20.6 Å². The van der Waals surface area contributed by atoms with Crippen LogP contribution in [0.3, 0.4) is 0 Å². The van der Waals surface area contributed by atoms with Gasteiger partial charge in [0, 0.05) is 50.5 Å². The Morgan fingerprint density at radius 2 is 1.77 bits per heavy atom. The molecule has 0 aliphatic rings. The predicted molar refractivity (Wildman–Crippen MR) is 162 cm³/mol. The molecule has 1 heterocycles. The van der Waals surface area contributed by atoms with Crippen molar-refractivity contribution in [2.24, 2.45) is 0 Å². The Morgan fingerprint density at radius 1 is 1.05 bits per heavy atom. The number of alkyl carbamates (subject to hydrolysis) is 1. The molecule has 43 heavy (non-hydrogen) atoms. The van der Waals surface area contributed by atoms with Crippen molar-refractivity contribution < 1.29 is 29.5 Å². The summed E-state index contributed by atoms with van der Waals surface area (Å²) in [6.45, 7) is 4.99. The lowest BCUT2D eigenvalue weighted by Gasteiger charge is -2.23. The van der Waals surface area contributed by atoms with E-state index in [9.17, 15) is 34.7 Å². The van der Waals surface area contributed by atoms with Gasteiger partial charge in [-0.05, 0) is 37.3 Å². The topological polar surface area (TPSA) is 224 Å². The number of anilines is 3. The molecule has 0 saturated carbocycles. The van der Waals surface area contributed by atoms with Crippen molar-refractivity contribution >= 4 is 35.1 Å². The lowest BCUT2D eigenvalue weighted by Crippen LogP contribution is -2.31. The third kappa shape index (κ3) is 13.0. The number of carbonyl (C=O) groups is 2. The number of hydrogen-bond donors (Lipinski definition) is 7. The van der Waals surface area contributed by atoms with Crippen LogP contribution in [0.1, 0.15) is 51.1 Å². The summed E-state index contributed by atoms with van der Waals surface area (Å²) in [5, 5.41) is 40.7. The molecule has 0 radical (unpaired) electrons. The molecule has 0 atom stereocenters. The van der Waals surface area contributed by atoms with Crippen LogP contribution in [0.2, 0.25) is 0 Å². The molecule has 238 valence electrons. The minimum Gasteiger partial charge on any atom is -0.450 e. The number of unbranched alkanes of at least 4 members (excludes halogenated alkanes) is 3. The van der Waals surface area contributed by atoms with Crippen LogP contribution in [0.5, 0.6) is 0 Å². The smallest absolute Gasteiger partial charge is 0.407 e. The van der Waals surface area contributed by atoms with Crippen LogP contribution in [-0.2, 0) is 4.74 Å². The Kier molecular flexibility index (Phi) is 15.3. The number of aliphatic hydroxyl groups excluding tert-OH is 2. The van der Waals surface area contributed by atoms with Crippen molar-refractivity contribution in [2.45, 2.75) is 45.4 Å². The van der Waals surface area contributed by atoms with Crippen LogP contribution in [-0.4, -0.2) is 89.8 Å². The third-order valence-corrected chi connectivity index (χ3v) is 6.17. The van der Waals surface area contributed by atoms with E-state index in [0.29, 0.717) is 24.3 Å². The number of hydrogen-bond acceptors (Lipinski definition) is 11. The molecule has 2 aromatic rings. The average molecular weight is 607 g/mol. The summed E-state index contributed by atoms with van der Waals surface area (Å²) >= 11 is 0. The van der Waals surface area contributed by atoms with E-state index in [1.165, 1.54) is 12.1 Å². The minimum atomic E-state index is -0.596. The summed E-state index contributed by atoms with van der Waals surface area (Å²) in [6, 6.07) is 5.49. The van der Waals surface area contributed by atoms with Gasteiger partial charge in [0.2, 0.25) is 5.95 Å². The number of nitro groups is 1. The number of H-pyrrole nitrogens is 1. The number of ether oxygens (including phenoxy) is 1. The molecule has 3 amide bonds. The number of nitrogens with zero attached hydrogens (tertiary/aromatic N) is 3. The van der Waals surface area contributed by atoms with Crippen LogP contribution >= 0.6 is 0 Å². The lowest BCUT2D eigenvalue weighted by molar-refractivity contribution is -0.383. The van der Waals surface area contributed by atoms with Crippen LogP contribution in [0.15, 0.2) is 29.1 Å². The van der Waals surface area contributed by atoms with Crippen molar-refractivity contribution in [3.05, 3.63) is 50.4 Å². The number of aromatic amines is 1. The molecule has 0 aliphatic heterocycles. The quantitative estimate of drug-likeness (QED) is 0.0696. The first kappa shape index (κ1) is 34.8. The number of nitrogens with one attached hydrogen (secondary N) is 5. The van der Waals surface area contributed by atoms with E-state index in [1.54, 1.807) is 17.0 Å². The van der Waals surface area contributed by atoms with E-state index in [4.69, 9.17) is 4.74 Å². The number of aliphatic hydroxyl groups is 2. The molecule has 1 aromatic heterocycles. The second-order valence-corrected chi connectivity index (χ2v) is 9.85. The van der Waals surface area contributed by atoms with Crippen molar-refractivity contribution in [3.8, 4) is 0 Å². The van der Waals surface area contributed by atoms with E-state index in [1.807, 2.05) is 13.8 Å². The Bertz CT molecular complexity index is 1230. The highest BCUT2D eigenvalue weighted by Crippen LogP contribution is 2.29. The highest BCUT2D eigenvalue weighted by molar-refractivity contribution is 5.87. The van der Waals surface area contributed by atoms with Crippen LogP contribution in [0.25, 0.3) is 0 Å². The molecule has 16 heteroatoms. The maximum Gasteiger partial charge on any atom is 0.407 e. The van der Waals surface area contributed by atoms with Gasteiger partial charge in [-0.1, -0.05) is 20.3 Å². The molecule has 2 rings (SSSR count). The van der Waals surface area contributed by atoms with E-state index in [2.05, 4.69) is 31.2 Å². The zero-order chi connectivity index (χ0) is 31.6. The van der Waals surface area contributed by atoms with E-state index < -0.39 is 17.0 Å². The molecule has 16 nitrogen and oxygen atoms in total. The average Bonchev–Trinajstić information content (AvgIpc) is 2.96. The largest absolute Gasteiger partial charge is 0.450 e. The van der Waals surface area contributed by atoms with E-state index in [0.717, 1.165) is 19.3 Å². The Balaban J connectivity index is 1.58. The molecule has 0 fully saturated rings. The van der Waals surface area contributed by atoms with Crippen molar-refractivity contribution in [1.29, 1.82) is 0 Å². The zero-order valence-corrected chi connectivity index (χ0v) is 24.6. The minimum absolute atomic E-state index is 0.0494. The number of benzene rings is 1. The fourth-order valence-electron chi connectivity index (χ4n) is 3.97. The Labute approximate surface area is 249 Å². The van der Waals surface area contributed by atoms with Gasteiger partial charge >= 0.3 is 12.1 Å². The SMILES string of the molecule is CC(C)c1cc(=O)[nH]c(NC(=O)NCCCCCCOC(=O)NCCNc2ccc(N(CCO)CCO)cc2[N+](=O)[O-])n1. The summed E-state index contributed by atoms with van der Waals surface area (Å²) in [4.78, 5) is 55.0. The second-order valence-electron chi connectivity index (χ2n) is 9.85. The highest BCUT2D eigenvalue weighted by atomic mass is 16.6. The molecular weight excluding hydrogens is 564 g/mol. The fourth-order valence-corrected chi connectivity index (χ4v) is 3.97. The first-order valence-corrected chi connectivity index (χ1v) is 14.2. The summed E-state index contributed by atoms with van der Waals surface area (Å²) < 4.78 is 5.14. The summed E-state index contributed by atoms with van der Waals surface area (Å²) in [6.07, 6.45) is 2.36. The summed E-state index contributed by atoms with van der Waals surface area (Å²) in [5.74, 6) is 0.143. The van der Waals surface area contributed by atoms with Gasteiger partial charge in [-0.15, -0.1) is 0 Å². The summed E-state index contributed by atoms with van der Waals surface area (Å²) in [7, 11) is 0. The standard InChI is InChI=1S/C27H42N8O8/c1-19(2)22-18-24(38)32-25(31-22)33-26(39)29-9-5-3-4-6-16-43-27(40)30-11-10-28-21-8-7-20(17-23(21)35(41)42)34(12-14-36)13-15-37/h7-8,17-19,28,36-37H,3-6,9-16H2,1-2H3,(H,30,40)(H3,29,31,32,33,38,39). The van der Waals surface area contributed by atoms with Gasteiger partial charge in [-0.25, -0.2) is 14.6 Å². The first-order valence-electron chi connectivity index (χ1n) is 14.2. The van der Waals surface area contributed by atoms with Gasteiger partial charge in [0.1, 0.15) is 5.69 Å². The number of aromatic nitrogens is 2. The second kappa shape index (κ2) is 18.9. The molecular formula is C27H42N8O8. The Hall–Kier alpha value is -4.44. The van der Waals surface area contributed by atoms with Gasteiger partial charge in [0.25, 0.3) is 11.2 Å². The maximum atomic E-state index is 12.0. The van der Waals surface area contributed by atoms with Crippen LogP contribution < -0.4 is 31.7 Å². The van der Waals surface area contributed by atoms with Gasteiger partial charge in [-0.3, -0.25) is 25.2 Å². The molecule has 0 unspecified atom stereocenters. The molecule has 0 bridgehead atoms. The fraction of sp³-hybridized carbons (Fsp3) is 0.556. The number of nitro benzene ring substituents is 1. The molecule has 0 saturated heterocycles. The normalized spacial score (nSPS) is 10.7. The van der Waals surface area contributed by atoms with Gasteiger partial charge in [-0.2, -0.15) is 0 Å². The monoisotopic (exact) mass is 606 g/mol. The maximum absolute atomic E-state index is 12.0. The van der Waals surface area contributed by atoms with Crippen LogP contribution in [0, 0.1) is 10.1 Å². The number of amides is 3. The van der Waals surface area contributed by atoms with Crippen molar-refractivity contribution in [2.75, 3.05) is 68.1 Å². The third-order valence-electron chi connectivity index (χ3n) is 6.17. The van der Waals surface area contributed by atoms with E-state index >= 15 is 0 Å². The number of carbonyl (C=O) groups excluding carboxylic acids is 2.